The molecule has 0 bridgehead atoms. The summed E-state index contributed by atoms with van der Waals surface area (Å²) in [4.78, 5) is 22.1. The number of carboxylic acids is 1. The molecule has 94 valence electrons. The first-order valence-electron chi connectivity index (χ1n) is 5.07. The highest BCUT2D eigenvalue weighted by Crippen LogP contribution is 2.27. The molecule has 18 heavy (non-hydrogen) atoms. The zero-order valence-corrected chi connectivity index (χ0v) is 10.6. The maximum Gasteiger partial charge on any atom is 0.333 e. The Bertz CT molecular complexity index is 535. The predicted octanol–water partition coefficient (Wildman–Crippen LogP) is 1.97. The highest BCUT2D eigenvalue weighted by molar-refractivity contribution is 6.32. The van der Waals surface area contributed by atoms with Gasteiger partial charge in [-0.05, 0) is 31.5 Å². The molecular weight excluding hydrogens is 256 g/mol. The number of hydrogen-bond donors (Lipinski definition) is 2. The summed E-state index contributed by atoms with van der Waals surface area (Å²) >= 11 is 5.95. The van der Waals surface area contributed by atoms with E-state index in [1.807, 2.05) is 6.07 Å². The molecule has 0 saturated carbocycles. The Kier molecular flexibility index (Phi) is 4.29. The lowest BCUT2D eigenvalue weighted by Gasteiger charge is -2.15. The molecule has 0 aromatic heterocycles. The Balaban J connectivity index is 3.13. The Morgan fingerprint density at radius 3 is 2.56 bits per heavy atom. The summed E-state index contributed by atoms with van der Waals surface area (Å²) in [6, 6.07) is 3.59. The molecule has 6 heteroatoms. The van der Waals surface area contributed by atoms with Crippen molar-refractivity contribution in [2.75, 3.05) is 5.32 Å². The molecule has 1 atom stereocenters. The molecule has 5 nitrogen and oxygen atoms in total. The van der Waals surface area contributed by atoms with Crippen LogP contribution in [-0.2, 0) is 9.59 Å². The van der Waals surface area contributed by atoms with E-state index < -0.39 is 17.8 Å². The number of carboxylic acid groups (broad SMARTS) is 1. The van der Waals surface area contributed by atoms with Gasteiger partial charge in [0, 0.05) is 5.69 Å². The van der Waals surface area contributed by atoms with Crippen molar-refractivity contribution in [3.05, 3.63) is 28.3 Å². The first kappa shape index (κ1) is 14.0. The predicted molar refractivity (Wildman–Crippen MR) is 66.6 cm³/mol. The third-order valence-corrected chi connectivity index (χ3v) is 2.95. The second-order valence-electron chi connectivity index (χ2n) is 3.74. The highest BCUT2D eigenvalue weighted by Gasteiger charge is 2.23. The minimum absolute atomic E-state index is 0.246. The van der Waals surface area contributed by atoms with Crippen molar-refractivity contribution < 1.29 is 14.7 Å². The van der Waals surface area contributed by atoms with E-state index in [9.17, 15) is 9.59 Å². The SMILES string of the molecule is CC(=O)[C@@H](Nc1ccc(C#N)c(Cl)c1C)C(=O)O. The molecule has 0 amide bonds. The lowest BCUT2D eigenvalue weighted by molar-refractivity contribution is -0.140. The average molecular weight is 267 g/mol. The third kappa shape index (κ3) is 2.79. The van der Waals surface area contributed by atoms with E-state index in [-0.39, 0.29) is 5.02 Å². The van der Waals surface area contributed by atoms with Crippen LogP contribution in [0.15, 0.2) is 12.1 Å². The van der Waals surface area contributed by atoms with Gasteiger partial charge in [0.05, 0.1) is 10.6 Å². The van der Waals surface area contributed by atoms with Crippen LogP contribution in [0.3, 0.4) is 0 Å². The molecule has 0 radical (unpaired) electrons. The van der Waals surface area contributed by atoms with Crippen molar-refractivity contribution in [2.24, 2.45) is 0 Å². The van der Waals surface area contributed by atoms with Crippen LogP contribution in [0.1, 0.15) is 18.1 Å². The van der Waals surface area contributed by atoms with Gasteiger partial charge in [0.2, 0.25) is 0 Å². The molecule has 1 aromatic carbocycles. The van der Waals surface area contributed by atoms with Crippen molar-refractivity contribution in [3.63, 3.8) is 0 Å². The molecule has 0 aliphatic rings. The molecule has 0 heterocycles. The summed E-state index contributed by atoms with van der Waals surface area (Å²) in [6.07, 6.45) is 0. The van der Waals surface area contributed by atoms with Crippen LogP contribution in [0.25, 0.3) is 0 Å². The fourth-order valence-corrected chi connectivity index (χ4v) is 1.63. The Morgan fingerprint density at radius 2 is 2.11 bits per heavy atom. The van der Waals surface area contributed by atoms with Crippen molar-refractivity contribution >= 4 is 29.0 Å². The fourth-order valence-electron chi connectivity index (χ4n) is 1.42. The molecule has 0 saturated heterocycles. The number of benzene rings is 1. The van der Waals surface area contributed by atoms with Gasteiger partial charge < -0.3 is 10.4 Å². The standard InChI is InChI=1S/C12H11ClN2O3/c1-6-9(4-3-8(5-14)10(6)13)15-11(7(2)16)12(17)18/h3-4,11,15H,1-2H3,(H,17,18)/t11-/m1/s1. The molecule has 0 unspecified atom stereocenters. The number of anilines is 1. The molecule has 1 aromatic rings. The zero-order chi connectivity index (χ0) is 13.9. The number of ketones is 1. The summed E-state index contributed by atoms with van der Waals surface area (Å²) in [5, 5.41) is 20.5. The number of hydrogen-bond acceptors (Lipinski definition) is 4. The van der Waals surface area contributed by atoms with Crippen LogP contribution in [0.2, 0.25) is 5.02 Å². The van der Waals surface area contributed by atoms with Crippen molar-refractivity contribution in [1.29, 1.82) is 5.26 Å². The lowest BCUT2D eigenvalue weighted by Crippen LogP contribution is -2.36. The zero-order valence-electron chi connectivity index (χ0n) is 9.82. The van der Waals surface area contributed by atoms with E-state index in [1.54, 1.807) is 6.92 Å². The van der Waals surface area contributed by atoms with Gasteiger partial charge in [-0.1, -0.05) is 11.6 Å². The topological polar surface area (TPSA) is 90.2 Å². The quantitative estimate of drug-likeness (QED) is 0.813. The summed E-state index contributed by atoms with van der Waals surface area (Å²) in [5.74, 6) is -1.77. The van der Waals surface area contributed by atoms with Gasteiger partial charge >= 0.3 is 5.97 Å². The molecule has 0 aliphatic carbocycles. The number of Topliss-reactive ketones (excluding diaryl/α,β-unsaturated/α-hetero) is 1. The average Bonchev–Trinajstić information content (AvgIpc) is 2.30. The van der Waals surface area contributed by atoms with Crippen LogP contribution in [-0.4, -0.2) is 22.9 Å². The number of nitrogens with one attached hydrogen (secondary N) is 1. The lowest BCUT2D eigenvalue weighted by atomic mass is 10.1. The molecule has 1 rings (SSSR count). The van der Waals surface area contributed by atoms with Crippen molar-refractivity contribution in [1.82, 2.24) is 0 Å². The molecule has 0 aliphatic heterocycles. The largest absolute Gasteiger partial charge is 0.479 e. The van der Waals surface area contributed by atoms with Crippen molar-refractivity contribution in [2.45, 2.75) is 19.9 Å². The van der Waals surface area contributed by atoms with E-state index >= 15 is 0 Å². The van der Waals surface area contributed by atoms with Crippen LogP contribution in [0.4, 0.5) is 5.69 Å². The van der Waals surface area contributed by atoms with Crippen molar-refractivity contribution in [3.8, 4) is 6.07 Å². The number of halogens is 1. The minimum Gasteiger partial charge on any atom is -0.479 e. The van der Waals surface area contributed by atoms with Gasteiger partial charge in [0.1, 0.15) is 6.07 Å². The Hall–Kier alpha value is -2.06. The summed E-state index contributed by atoms with van der Waals surface area (Å²) in [6.45, 7) is 2.83. The number of nitrogens with zero attached hydrogens (tertiary/aromatic N) is 1. The van der Waals surface area contributed by atoms with E-state index in [2.05, 4.69) is 5.32 Å². The number of carbonyl (C=O) groups excluding carboxylic acids is 1. The smallest absolute Gasteiger partial charge is 0.333 e. The third-order valence-electron chi connectivity index (χ3n) is 2.46. The van der Waals surface area contributed by atoms with E-state index in [0.717, 1.165) is 0 Å². The fraction of sp³-hybridized carbons (Fsp3) is 0.250. The monoisotopic (exact) mass is 266 g/mol. The second-order valence-corrected chi connectivity index (χ2v) is 4.12. The van der Waals surface area contributed by atoms with E-state index in [4.69, 9.17) is 22.0 Å². The summed E-state index contributed by atoms with van der Waals surface area (Å²) in [5.41, 5.74) is 1.25. The van der Waals surface area contributed by atoms with E-state index in [0.29, 0.717) is 16.8 Å². The van der Waals surface area contributed by atoms with Crippen LogP contribution in [0.5, 0.6) is 0 Å². The molecular formula is C12H11ClN2O3. The first-order chi connectivity index (χ1) is 8.38. The summed E-state index contributed by atoms with van der Waals surface area (Å²) < 4.78 is 0. The van der Waals surface area contributed by atoms with Crippen LogP contribution in [0, 0.1) is 18.3 Å². The van der Waals surface area contributed by atoms with Crippen LogP contribution < -0.4 is 5.32 Å². The Labute approximate surface area is 109 Å². The van der Waals surface area contributed by atoms with Gasteiger partial charge in [-0.15, -0.1) is 0 Å². The number of rotatable bonds is 4. The minimum atomic E-state index is -1.33. The molecule has 0 fully saturated rings. The maximum absolute atomic E-state index is 11.2. The van der Waals surface area contributed by atoms with Gasteiger partial charge in [-0.3, -0.25) is 4.79 Å². The first-order valence-corrected chi connectivity index (χ1v) is 5.45. The van der Waals surface area contributed by atoms with Gasteiger partial charge in [-0.2, -0.15) is 5.26 Å². The second kappa shape index (κ2) is 5.52. The highest BCUT2D eigenvalue weighted by atomic mass is 35.5. The summed E-state index contributed by atoms with van der Waals surface area (Å²) in [7, 11) is 0. The normalized spacial score (nSPS) is 11.4. The van der Waals surface area contributed by atoms with Gasteiger partial charge in [0.25, 0.3) is 0 Å². The maximum atomic E-state index is 11.2. The number of aliphatic carboxylic acids is 1. The number of nitriles is 1. The van der Waals surface area contributed by atoms with Crippen LogP contribution >= 0.6 is 11.6 Å². The Morgan fingerprint density at radius 1 is 1.50 bits per heavy atom. The van der Waals surface area contributed by atoms with Gasteiger partial charge in [-0.25, -0.2) is 4.79 Å². The molecule has 2 N–H and O–H groups in total. The number of carbonyl (C=O) groups is 2. The van der Waals surface area contributed by atoms with Gasteiger partial charge in [0.15, 0.2) is 11.8 Å². The molecule has 0 spiro atoms. The van der Waals surface area contributed by atoms with E-state index in [1.165, 1.54) is 19.1 Å².